The maximum absolute atomic E-state index is 13.2. The highest BCUT2D eigenvalue weighted by atomic mass is 19.2. The molecule has 6 heteroatoms. The fraction of sp³-hybridized carbons (Fsp3) is 0.429. The third-order valence-corrected chi connectivity index (χ3v) is 2.73. The molecule has 0 fully saturated rings. The van der Waals surface area contributed by atoms with Gasteiger partial charge in [-0.1, -0.05) is 6.92 Å². The van der Waals surface area contributed by atoms with E-state index in [9.17, 15) is 18.4 Å². The van der Waals surface area contributed by atoms with Crippen LogP contribution in [0.1, 0.15) is 26.7 Å². The molecule has 1 aromatic rings. The van der Waals surface area contributed by atoms with Gasteiger partial charge in [0.05, 0.1) is 0 Å². The molecule has 0 aliphatic rings. The van der Waals surface area contributed by atoms with Crippen LogP contribution in [0.4, 0.5) is 14.5 Å². The average molecular weight is 284 g/mol. The molecule has 0 spiro atoms. The van der Waals surface area contributed by atoms with Crippen molar-refractivity contribution in [2.75, 3.05) is 18.0 Å². The molecule has 0 saturated carbocycles. The number of rotatable bonds is 6. The molecule has 0 radical (unpaired) electrons. The van der Waals surface area contributed by atoms with Crippen LogP contribution < -0.4 is 10.2 Å². The normalized spacial score (nSPS) is 10.2. The van der Waals surface area contributed by atoms with E-state index < -0.39 is 11.6 Å². The first-order chi connectivity index (χ1) is 9.45. The maximum atomic E-state index is 13.2. The van der Waals surface area contributed by atoms with Gasteiger partial charge in [0.2, 0.25) is 11.8 Å². The van der Waals surface area contributed by atoms with Gasteiger partial charge in [-0.15, -0.1) is 0 Å². The minimum Gasteiger partial charge on any atom is -0.354 e. The Morgan fingerprint density at radius 2 is 1.95 bits per heavy atom. The number of anilines is 1. The third-order valence-electron chi connectivity index (χ3n) is 2.73. The van der Waals surface area contributed by atoms with Crippen molar-refractivity contribution in [2.24, 2.45) is 0 Å². The number of benzene rings is 1. The van der Waals surface area contributed by atoms with Crippen molar-refractivity contribution in [3.05, 3.63) is 29.8 Å². The molecule has 0 unspecified atom stereocenters. The second-order valence-corrected chi connectivity index (χ2v) is 4.37. The smallest absolute Gasteiger partial charge is 0.223 e. The van der Waals surface area contributed by atoms with Crippen LogP contribution in [0.2, 0.25) is 0 Å². The molecular formula is C14H18F2N2O2. The Balaban J connectivity index is 2.67. The van der Waals surface area contributed by atoms with Crippen molar-refractivity contribution < 1.29 is 18.4 Å². The summed E-state index contributed by atoms with van der Waals surface area (Å²) in [6.45, 7) is 3.69. The van der Waals surface area contributed by atoms with Crippen molar-refractivity contribution in [3.8, 4) is 0 Å². The van der Waals surface area contributed by atoms with E-state index in [1.807, 2.05) is 6.92 Å². The Kier molecular flexibility index (Phi) is 6.09. The molecule has 0 atom stereocenters. The Morgan fingerprint density at radius 1 is 1.25 bits per heavy atom. The van der Waals surface area contributed by atoms with E-state index in [0.717, 1.165) is 18.6 Å². The third kappa shape index (κ3) is 4.60. The first-order valence-corrected chi connectivity index (χ1v) is 6.45. The first kappa shape index (κ1) is 16.1. The van der Waals surface area contributed by atoms with Crippen LogP contribution in [-0.2, 0) is 9.59 Å². The van der Waals surface area contributed by atoms with Gasteiger partial charge in [-0.2, -0.15) is 0 Å². The summed E-state index contributed by atoms with van der Waals surface area (Å²) in [5.41, 5.74) is 0.265. The molecule has 2 amide bonds. The Hall–Kier alpha value is -1.98. The fourth-order valence-corrected chi connectivity index (χ4v) is 1.74. The van der Waals surface area contributed by atoms with Gasteiger partial charge in [0.25, 0.3) is 0 Å². The number of nitrogens with zero attached hydrogens (tertiary/aromatic N) is 1. The van der Waals surface area contributed by atoms with Crippen molar-refractivity contribution >= 4 is 17.5 Å². The number of carbonyl (C=O) groups is 2. The largest absolute Gasteiger partial charge is 0.354 e. The quantitative estimate of drug-likeness (QED) is 0.871. The summed E-state index contributed by atoms with van der Waals surface area (Å²) >= 11 is 0. The van der Waals surface area contributed by atoms with Crippen LogP contribution in [0.5, 0.6) is 0 Å². The minimum atomic E-state index is -1.01. The molecular weight excluding hydrogens is 266 g/mol. The van der Waals surface area contributed by atoms with Crippen molar-refractivity contribution in [1.29, 1.82) is 0 Å². The average Bonchev–Trinajstić information content (AvgIpc) is 2.38. The van der Waals surface area contributed by atoms with E-state index in [-0.39, 0.29) is 30.6 Å². The van der Waals surface area contributed by atoms with Crippen LogP contribution in [0, 0.1) is 11.6 Å². The van der Waals surface area contributed by atoms with Crippen molar-refractivity contribution in [2.45, 2.75) is 26.7 Å². The van der Waals surface area contributed by atoms with Gasteiger partial charge in [-0.25, -0.2) is 8.78 Å². The molecule has 0 heterocycles. The summed E-state index contributed by atoms with van der Waals surface area (Å²) in [5.74, 6) is -2.38. The Bertz CT molecular complexity index is 492. The lowest BCUT2D eigenvalue weighted by molar-refractivity contribution is -0.121. The van der Waals surface area contributed by atoms with E-state index in [2.05, 4.69) is 5.32 Å². The molecule has 1 aromatic carbocycles. The topological polar surface area (TPSA) is 49.4 Å². The summed E-state index contributed by atoms with van der Waals surface area (Å²) in [6, 6.07) is 3.26. The van der Waals surface area contributed by atoms with Gasteiger partial charge >= 0.3 is 0 Å². The van der Waals surface area contributed by atoms with Crippen LogP contribution in [0.3, 0.4) is 0 Å². The van der Waals surface area contributed by atoms with E-state index in [0.29, 0.717) is 6.42 Å². The molecule has 0 aromatic heterocycles. The maximum Gasteiger partial charge on any atom is 0.223 e. The lowest BCUT2D eigenvalue weighted by Gasteiger charge is -2.21. The molecule has 110 valence electrons. The van der Waals surface area contributed by atoms with Crippen LogP contribution in [-0.4, -0.2) is 24.9 Å². The lowest BCUT2D eigenvalue weighted by Crippen LogP contribution is -2.37. The Labute approximate surface area is 116 Å². The molecule has 4 nitrogen and oxygen atoms in total. The van der Waals surface area contributed by atoms with Gasteiger partial charge in [0.15, 0.2) is 11.6 Å². The second-order valence-electron chi connectivity index (χ2n) is 4.37. The highest BCUT2D eigenvalue weighted by Gasteiger charge is 2.13. The summed E-state index contributed by atoms with van der Waals surface area (Å²) in [7, 11) is 0. The van der Waals surface area contributed by atoms with Gasteiger partial charge in [-0.05, 0) is 18.6 Å². The molecule has 1 N–H and O–H groups in total. The van der Waals surface area contributed by atoms with Gasteiger partial charge in [0, 0.05) is 38.2 Å². The van der Waals surface area contributed by atoms with Crippen LogP contribution >= 0.6 is 0 Å². The summed E-state index contributed by atoms with van der Waals surface area (Å²) < 4.78 is 26.0. The van der Waals surface area contributed by atoms with Crippen LogP contribution in [0.15, 0.2) is 18.2 Å². The zero-order valence-electron chi connectivity index (χ0n) is 11.6. The fourth-order valence-electron chi connectivity index (χ4n) is 1.74. The molecule has 20 heavy (non-hydrogen) atoms. The molecule has 0 aliphatic carbocycles. The number of carbonyl (C=O) groups excluding carboxylic acids is 2. The standard InChI is InChI=1S/C14H18F2N2O2/c1-3-4-14(20)17-7-8-18(10(2)19)11-5-6-12(15)13(16)9-11/h5-6,9H,3-4,7-8H2,1-2H3,(H,17,20). The summed E-state index contributed by atoms with van der Waals surface area (Å²) in [5, 5.41) is 2.66. The van der Waals surface area contributed by atoms with E-state index in [1.54, 1.807) is 0 Å². The highest BCUT2D eigenvalue weighted by Crippen LogP contribution is 2.17. The monoisotopic (exact) mass is 284 g/mol. The number of amides is 2. The van der Waals surface area contributed by atoms with Gasteiger partial charge in [0.1, 0.15) is 0 Å². The summed E-state index contributed by atoms with van der Waals surface area (Å²) in [6.07, 6.45) is 1.16. The number of nitrogens with one attached hydrogen (secondary N) is 1. The van der Waals surface area contributed by atoms with Crippen LogP contribution in [0.25, 0.3) is 0 Å². The van der Waals surface area contributed by atoms with E-state index in [1.165, 1.54) is 17.9 Å². The minimum absolute atomic E-state index is 0.0960. The highest BCUT2D eigenvalue weighted by molar-refractivity contribution is 5.91. The number of hydrogen-bond acceptors (Lipinski definition) is 2. The second kappa shape index (κ2) is 7.57. The molecule has 0 bridgehead atoms. The summed E-state index contributed by atoms with van der Waals surface area (Å²) in [4.78, 5) is 24.1. The SMILES string of the molecule is CCCC(=O)NCCN(C(C)=O)c1ccc(F)c(F)c1. The van der Waals surface area contributed by atoms with E-state index >= 15 is 0 Å². The number of hydrogen-bond donors (Lipinski definition) is 1. The Morgan fingerprint density at radius 3 is 2.50 bits per heavy atom. The van der Waals surface area contributed by atoms with Crippen molar-refractivity contribution in [3.63, 3.8) is 0 Å². The number of halogens is 2. The van der Waals surface area contributed by atoms with Gasteiger partial charge in [-0.3, -0.25) is 9.59 Å². The van der Waals surface area contributed by atoms with Gasteiger partial charge < -0.3 is 10.2 Å². The molecule has 0 saturated heterocycles. The predicted octanol–water partition coefficient (Wildman–Crippen LogP) is 2.23. The van der Waals surface area contributed by atoms with E-state index in [4.69, 9.17) is 0 Å². The predicted molar refractivity (Wildman–Crippen MR) is 72.3 cm³/mol. The first-order valence-electron chi connectivity index (χ1n) is 6.45. The van der Waals surface area contributed by atoms with Crippen molar-refractivity contribution in [1.82, 2.24) is 5.32 Å². The lowest BCUT2D eigenvalue weighted by atomic mass is 10.2. The zero-order chi connectivity index (χ0) is 15.1. The zero-order valence-corrected chi connectivity index (χ0v) is 11.6. The molecule has 0 aliphatic heterocycles. The molecule has 1 rings (SSSR count).